The molecule has 0 atom stereocenters. The van der Waals surface area contributed by atoms with E-state index in [4.69, 9.17) is 10.2 Å². The lowest BCUT2D eigenvalue weighted by molar-refractivity contribution is 0.614. The zero-order valence-corrected chi connectivity index (χ0v) is 10.1. The van der Waals surface area contributed by atoms with Crippen LogP contribution in [0.2, 0.25) is 0 Å². The smallest absolute Gasteiger partial charge is 0.145 e. The molecule has 0 radical (unpaired) electrons. The van der Waals surface area contributed by atoms with Crippen molar-refractivity contribution >= 4 is 22.5 Å². The molecule has 1 aromatic carbocycles. The summed E-state index contributed by atoms with van der Waals surface area (Å²) in [6.07, 6.45) is 1.77. The third kappa shape index (κ3) is 1.79. The first-order chi connectivity index (χ1) is 8.74. The van der Waals surface area contributed by atoms with E-state index in [2.05, 4.69) is 15.1 Å². The van der Waals surface area contributed by atoms with Crippen molar-refractivity contribution in [2.24, 2.45) is 0 Å². The molecular weight excluding hydrogens is 228 g/mol. The van der Waals surface area contributed by atoms with Gasteiger partial charge < -0.3 is 15.1 Å². The normalized spacial score (nSPS) is 10.9. The van der Waals surface area contributed by atoms with Crippen LogP contribution in [0.1, 0.15) is 5.69 Å². The predicted octanol–water partition coefficient (Wildman–Crippen LogP) is 2.37. The first-order valence-electron chi connectivity index (χ1n) is 5.71. The lowest BCUT2D eigenvalue weighted by atomic mass is 10.2. The molecule has 0 saturated heterocycles. The molecule has 0 spiro atoms. The third-order valence-electron chi connectivity index (χ3n) is 2.93. The lowest BCUT2D eigenvalue weighted by Gasteiger charge is -2.16. The highest BCUT2D eigenvalue weighted by molar-refractivity contribution is 5.90. The van der Waals surface area contributed by atoms with Gasteiger partial charge >= 0.3 is 0 Å². The fourth-order valence-corrected chi connectivity index (χ4v) is 2.06. The fraction of sp³-hybridized carbons (Fsp3) is 0.154. The Labute approximate surface area is 104 Å². The van der Waals surface area contributed by atoms with Gasteiger partial charge in [-0.05, 0) is 12.1 Å². The molecule has 0 aliphatic carbocycles. The highest BCUT2D eigenvalue weighted by Crippen LogP contribution is 2.28. The summed E-state index contributed by atoms with van der Waals surface area (Å²) in [7, 11) is 2.01. The van der Waals surface area contributed by atoms with Gasteiger partial charge in [0.25, 0.3) is 0 Å². The van der Waals surface area contributed by atoms with Gasteiger partial charge in [-0.1, -0.05) is 12.1 Å². The zero-order valence-electron chi connectivity index (χ0n) is 10.1. The Hall–Kier alpha value is -2.43. The SMILES string of the molecule is CN(Cc1cc(N)n[nH]1)c1coc2ccccc12. The molecular formula is C13H14N4O. The Morgan fingerprint density at radius 3 is 3.00 bits per heavy atom. The Kier molecular flexibility index (Phi) is 2.44. The van der Waals surface area contributed by atoms with Gasteiger partial charge in [-0.15, -0.1) is 0 Å². The zero-order chi connectivity index (χ0) is 12.5. The molecule has 3 aromatic rings. The second-order valence-corrected chi connectivity index (χ2v) is 4.29. The number of benzene rings is 1. The number of nitrogen functional groups attached to an aromatic ring is 1. The van der Waals surface area contributed by atoms with Gasteiger partial charge in [0.05, 0.1) is 17.9 Å². The number of para-hydroxylation sites is 1. The number of H-pyrrole nitrogens is 1. The summed E-state index contributed by atoms with van der Waals surface area (Å²) in [5.74, 6) is 0.510. The standard InChI is InChI=1S/C13H14N4O/c1-17(7-9-6-13(14)16-15-9)11-8-18-12-5-3-2-4-10(11)12/h2-6,8H,7H2,1H3,(H3,14,15,16). The van der Waals surface area contributed by atoms with Crippen LogP contribution in [0.4, 0.5) is 11.5 Å². The van der Waals surface area contributed by atoms with Crippen molar-refractivity contribution in [1.29, 1.82) is 0 Å². The predicted molar refractivity (Wildman–Crippen MR) is 71.3 cm³/mol. The van der Waals surface area contributed by atoms with E-state index in [-0.39, 0.29) is 0 Å². The van der Waals surface area contributed by atoms with Crippen LogP contribution < -0.4 is 10.6 Å². The van der Waals surface area contributed by atoms with E-state index in [0.717, 1.165) is 22.4 Å². The highest BCUT2D eigenvalue weighted by atomic mass is 16.3. The molecule has 0 unspecified atom stereocenters. The third-order valence-corrected chi connectivity index (χ3v) is 2.93. The Bertz CT molecular complexity index is 670. The summed E-state index contributed by atoms with van der Waals surface area (Å²) in [6, 6.07) is 9.81. The second kappa shape index (κ2) is 4.10. The fourth-order valence-electron chi connectivity index (χ4n) is 2.06. The number of hydrogen-bond acceptors (Lipinski definition) is 4. The van der Waals surface area contributed by atoms with Gasteiger partial charge in [-0.2, -0.15) is 5.10 Å². The molecule has 0 saturated carbocycles. The minimum atomic E-state index is 0.510. The summed E-state index contributed by atoms with van der Waals surface area (Å²) >= 11 is 0. The van der Waals surface area contributed by atoms with Crippen LogP contribution in [0.5, 0.6) is 0 Å². The maximum Gasteiger partial charge on any atom is 0.145 e. The molecule has 5 nitrogen and oxygen atoms in total. The van der Waals surface area contributed by atoms with Crippen LogP contribution in [0, 0.1) is 0 Å². The molecule has 0 fully saturated rings. The molecule has 5 heteroatoms. The van der Waals surface area contributed by atoms with Crippen molar-refractivity contribution in [3.05, 3.63) is 42.3 Å². The summed E-state index contributed by atoms with van der Waals surface area (Å²) < 4.78 is 5.52. The maximum atomic E-state index is 5.58. The monoisotopic (exact) mass is 242 g/mol. The van der Waals surface area contributed by atoms with Crippen LogP contribution in [-0.4, -0.2) is 17.2 Å². The van der Waals surface area contributed by atoms with Gasteiger partial charge in [0.15, 0.2) is 0 Å². The first-order valence-corrected chi connectivity index (χ1v) is 5.71. The summed E-state index contributed by atoms with van der Waals surface area (Å²) in [4.78, 5) is 2.10. The Morgan fingerprint density at radius 1 is 1.39 bits per heavy atom. The van der Waals surface area contributed by atoms with Crippen molar-refractivity contribution in [3.8, 4) is 0 Å². The maximum absolute atomic E-state index is 5.58. The number of nitrogens with one attached hydrogen (secondary N) is 1. The van der Waals surface area contributed by atoms with Crippen LogP contribution in [-0.2, 0) is 6.54 Å². The number of nitrogens with zero attached hydrogens (tertiary/aromatic N) is 2. The van der Waals surface area contributed by atoms with Gasteiger partial charge in [0.1, 0.15) is 17.7 Å². The largest absolute Gasteiger partial charge is 0.462 e. The van der Waals surface area contributed by atoms with Crippen molar-refractivity contribution in [2.75, 3.05) is 17.7 Å². The van der Waals surface area contributed by atoms with Crippen molar-refractivity contribution in [3.63, 3.8) is 0 Å². The number of hydrogen-bond donors (Lipinski definition) is 2. The number of nitrogens with two attached hydrogens (primary N) is 1. The lowest BCUT2D eigenvalue weighted by Crippen LogP contribution is -2.16. The van der Waals surface area contributed by atoms with Crippen LogP contribution in [0.3, 0.4) is 0 Å². The van der Waals surface area contributed by atoms with Gasteiger partial charge in [-0.25, -0.2) is 0 Å². The minimum Gasteiger partial charge on any atom is -0.462 e. The highest BCUT2D eigenvalue weighted by Gasteiger charge is 2.10. The van der Waals surface area contributed by atoms with Gasteiger partial charge in [0, 0.05) is 18.5 Å². The van der Waals surface area contributed by atoms with Gasteiger partial charge in [-0.3, -0.25) is 5.10 Å². The first kappa shape index (κ1) is 10.7. The molecule has 0 amide bonds. The van der Waals surface area contributed by atoms with Crippen LogP contribution in [0.25, 0.3) is 11.0 Å². The number of aromatic amines is 1. The minimum absolute atomic E-state index is 0.510. The van der Waals surface area contributed by atoms with E-state index < -0.39 is 0 Å². The topological polar surface area (TPSA) is 71.1 Å². The molecule has 2 aromatic heterocycles. The number of fused-ring (bicyclic) bond motifs is 1. The van der Waals surface area contributed by atoms with Crippen molar-refractivity contribution in [2.45, 2.75) is 6.54 Å². The Morgan fingerprint density at radius 2 is 2.22 bits per heavy atom. The van der Waals surface area contributed by atoms with Crippen LogP contribution >= 0.6 is 0 Å². The van der Waals surface area contributed by atoms with Crippen molar-refractivity contribution < 1.29 is 4.42 Å². The second-order valence-electron chi connectivity index (χ2n) is 4.29. The van der Waals surface area contributed by atoms with E-state index in [9.17, 15) is 0 Å². The molecule has 0 aliphatic rings. The molecule has 0 aliphatic heterocycles. The number of aromatic nitrogens is 2. The number of anilines is 2. The van der Waals surface area contributed by atoms with E-state index in [1.165, 1.54) is 0 Å². The summed E-state index contributed by atoms with van der Waals surface area (Å²) in [5.41, 5.74) is 8.50. The van der Waals surface area contributed by atoms with Crippen molar-refractivity contribution in [1.82, 2.24) is 10.2 Å². The van der Waals surface area contributed by atoms with E-state index in [0.29, 0.717) is 12.4 Å². The quantitative estimate of drug-likeness (QED) is 0.739. The average Bonchev–Trinajstić information content (AvgIpc) is 2.95. The molecule has 18 heavy (non-hydrogen) atoms. The molecule has 92 valence electrons. The summed E-state index contributed by atoms with van der Waals surface area (Å²) in [5, 5.41) is 7.92. The average molecular weight is 242 g/mol. The molecule has 3 rings (SSSR count). The molecule has 3 N–H and O–H groups in total. The van der Waals surface area contributed by atoms with E-state index in [1.54, 1.807) is 6.26 Å². The molecule has 0 bridgehead atoms. The Balaban J connectivity index is 1.90. The van der Waals surface area contributed by atoms with Gasteiger partial charge in [0.2, 0.25) is 0 Å². The molecule has 2 heterocycles. The van der Waals surface area contributed by atoms with E-state index in [1.807, 2.05) is 37.4 Å². The number of furan rings is 1. The number of rotatable bonds is 3. The summed E-state index contributed by atoms with van der Waals surface area (Å²) in [6.45, 7) is 0.702. The van der Waals surface area contributed by atoms with E-state index >= 15 is 0 Å². The van der Waals surface area contributed by atoms with Crippen LogP contribution in [0.15, 0.2) is 41.0 Å².